The standard InChI is InChI=1S/C45H36NO.C16H18N.Ir/c1-27-21-32(30-9-4-5-10-30)17-19-35(27)33-18-20-36(28(2)22-33)40-24-43(46-26-29(40)3)39-14-8-13-38-42-23-34-16-15-31-11-6-7-12-37(31)41(34)25-44(42)47-45(38)39;1-12-5-7-13(8-6-12)15-10-9-14(11-17-15)16(2,3)4;/h6-8,11-13,15-26,30H,4-5,9-10H2,1-3H3;5-7,9-11H,1-4H3;/q2*-1;/i1D3,2D3,3D3,30D;1D3;. The van der Waals surface area contributed by atoms with Crippen LogP contribution in [0.1, 0.15) is 104 Å². The van der Waals surface area contributed by atoms with Crippen LogP contribution in [0.15, 0.2) is 150 Å². The zero-order chi connectivity index (χ0) is 55.0. The molecule has 3 nitrogen and oxygen atoms in total. The summed E-state index contributed by atoms with van der Waals surface area (Å²) in [7, 11) is 0. The monoisotopic (exact) mass is 1040 g/mol. The van der Waals surface area contributed by atoms with Gasteiger partial charge in [-0.1, -0.05) is 142 Å². The van der Waals surface area contributed by atoms with Crippen LogP contribution in [0.25, 0.3) is 88.3 Å². The Labute approximate surface area is 415 Å². The molecule has 10 aromatic rings. The van der Waals surface area contributed by atoms with E-state index in [2.05, 4.69) is 73.2 Å². The molecule has 1 radical (unpaired) electrons. The summed E-state index contributed by atoms with van der Waals surface area (Å²) in [4.78, 5) is 9.03. The van der Waals surface area contributed by atoms with Crippen molar-refractivity contribution < 1.29 is 42.3 Å². The number of furan rings is 1. The van der Waals surface area contributed by atoms with Gasteiger partial charge < -0.3 is 14.4 Å². The molecule has 7 aromatic carbocycles. The van der Waals surface area contributed by atoms with Gasteiger partial charge in [0.05, 0.1) is 5.58 Å². The van der Waals surface area contributed by atoms with E-state index in [1.54, 1.807) is 54.6 Å². The SMILES string of the molecule is [2H]C([2H])([2H])c1c[c-]c(-c2ccc(C(C)(C)C)cn2)cc1.[2H]C([2H])([2H])c1cc(C2([2H])CCCC2)ccc1-c1ccc(-c2cc(-c3[c-]ccc4c3oc3cc5c(ccc6ccccc65)cc34)ncc2C([2H])([2H])[2H])c(C([2H])([2H])[2H])c1.[Ir]. The van der Waals surface area contributed by atoms with Crippen LogP contribution in [0, 0.1) is 39.5 Å². The molecule has 0 amide bonds. The van der Waals surface area contributed by atoms with Crippen LogP contribution in [0.5, 0.6) is 0 Å². The van der Waals surface area contributed by atoms with Crippen LogP contribution in [0.3, 0.4) is 0 Å². The summed E-state index contributed by atoms with van der Waals surface area (Å²) in [6.07, 6.45) is 6.19. The minimum atomic E-state index is -2.72. The molecule has 0 N–H and O–H groups in total. The van der Waals surface area contributed by atoms with Gasteiger partial charge in [-0.25, -0.2) is 0 Å². The molecule has 3 heterocycles. The van der Waals surface area contributed by atoms with Gasteiger partial charge in [0.15, 0.2) is 0 Å². The van der Waals surface area contributed by atoms with Crippen molar-refractivity contribution in [1.29, 1.82) is 0 Å². The van der Waals surface area contributed by atoms with Gasteiger partial charge >= 0.3 is 0 Å². The van der Waals surface area contributed by atoms with Gasteiger partial charge in [0.2, 0.25) is 0 Å². The van der Waals surface area contributed by atoms with E-state index in [9.17, 15) is 0 Å². The van der Waals surface area contributed by atoms with Gasteiger partial charge in [0.1, 0.15) is 5.58 Å². The maximum atomic E-state index is 9.00. The second-order valence-electron chi connectivity index (χ2n) is 17.7. The number of rotatable bonds is 5. The van der Waals surface area contributed by atoms with Crippen LogP contribution < -0.4 is 0 Å². The van der Waals surface area contributed by atoms with Crippen LogP contribution in [-0.4, -0.2) is 9.97 Å². The molecule has 0 spiro atoms. The average Bonchev–Trinajstić information content (AvgIpc) is 4.19. The third-order valence-corrected chi connectivity index (χ3v) is 12.4. The molecule has 1 fully saturated rings. The van der Waals surface area contributed by atoms with Gasteiger partial charge in [-0.15, -0.1) is 53.6 Å². The van der Waals surface area contributed by atoms with Gasteiger partial charge in [0.25, 0.3) is 0 Å². The molecule has 0 bridgehead atoms. The molecule has 0 atom stereocenters. The quantitative estimate of drug-likeness (QED) is 0.127. The number of nitrogens with zero attached hydrogens (tertiary/aromatic N) is 2. The zero-order valence-corrected chi connectivity index (χ0v) is 38.7. The Morgan fingerprint density at radius 1 is 0.631 bits per heavy atom. The predicted octanol–water partition coefficient (Wildman–Crippen LogP) is 16.8. The van der Waals surface area contributed by atoms with Crippen molar-refractivity contribution in [3.8, 4) is 44.8 Å². The summed E-state index contributed by atoms with van der Waals surface area (Å²) >= 11 is 0. The molecule has 65 heavy (non-hydrogen) atoms. The minimum Gasteiger partial charge on any atom is -0.501 e. The van der Waals surface area contributed by atoms with E-state index in [0.717, 1.165) is 56.4 Å². The molecular formula is C61H54IrN2O-2. The predicted molar refractivity (Wildman–Crippen MR) is 269 cm³/mol. The number of hydrogen-bond acceptors (Lipinski definition) is 3. The van der Waals surface area contributed by atoms with Crippen molar-refractivity contribution in [3.63, 3.8) is 0 Å². The maximum Gasteiger partial charge on any atom is 0.121 e. The second-order valence-corrected chi connectivity index (χ2v) is 17.7. The van der Waals surface area contributed by atoms with E-state index < -0.39 is 33.3 Å². The van der Waals surface area contributed by atoms with Gasteiger partial charge in [-0.3, -0.25) is 0 Å². The molecular weight excluding hydrogens is 969 g/mol. The zero-order valence-electron chi connectivity index (χ0n) is 49.3. The van der Waals surface area contributed by atoms with Gasteiger partial charge in [0, 0.05) is 55.7 Å². The van der Waals surface area contributed by atoms with Crippen LogP contribution in [0.2, 0.25) is 0 Å². The summed E-state index contributed by atoms with van der Waals surface area (Å²) < 4.78 is 114. The fourth-order valence-electron chi connectivity index (χ4n) is 8.88. The summed E-state index contributed by atoms with van der Waals surface area (Å²) in [6, 6.07) is 46.5. The fourth-order valence-corrected chi connectivity index (χ4v) is 8.88. The number of aromatic nitrogens is 2. The maximum absolute atomic E-state index is 9.00. The first-order valence-electron chi connectivity index (χ1n) is 28.2. The number of pyridine rings is 2. The number of benzene rings is 7. The van der Waals surface area contributed by atoms with E-state index in [1.807, 2.05) is 42.6 Å². The molecule has 1 aliphatic rings. The summed E-state index contributed by atoms with van der Waals surface area (Å²) in [6.45, 7) is -3.57. The fraction of sp³-hybridized carbons (Fsp3) is 0.213. The molecule has 0 aliphatic heterocycles. The van der Waals surface area contributed by atoms with Crippen molar-refractivity contribution in [2.75, 3.05) is 0 Å². The molecule has 325 valence electrons. The Kier molecular flexibility index (Phi) is 8.54. The number of hydrogen-bond donors (Lipinski definition) is 0. The molecule has 11 rings (SSSR count). The Morgan fingerprint density at radius 2 is 1.43 bits per heavy atom. The van der Waals surface area contributed by atoms with Crippen molar-refractivity contribution in [1.82, 2.24) is 9.97 Å². The second kappa shape index (κ2) is 18.0. The van der Waals surface area contributed by atoms with E-state index >= 15 is 0 Å². The third kappa shape index (κ3) is 8.71. The topological polar surface area (TPSA) is 38.9 Å². The van der Waals surface area contributed by atoms with Crippen molar-refractivity contribution >= 4 is 43.5 Å². The normalized spacial score (nSPS) is 17.2. The van der Waals surface area contributed by atoms with Gasteiger partial charge in [-0.2, -0.15) is 0 Å². The van der Waals surface area contributed by atoms with Crippen LogP contribution >= 0.6 is 0 Å². The smallest absolute Gasteiger partial charge is 0.121 e. The van der Waals surface area contributed by atoms with E-state index in [4.69, 9.17) is 22.2 Å². The molecule has 1 aliphatic carbocycles. The molecule has 0 unspecified atom stereocenters. The first-order valence-corrected chi connectivity index (χ1v) is 21.7. The Hall–Kier alpha value is -6.19. The first-order chi connectivity index (χ1) is 36.2. The molecule has 3 aromatic heterocycles. The largest absolute Gasteiger partial charge is 0.501 e. The number of fused-ring (bicyclic) bond motifs is 6. The summed E-state index contributed by atoms with van der Waals surface area (Å²) in [5, 5.41) is 6.03. The molecule has 0 saturated heterocycles. The Balaban J connectivity index is 0.000000297. The van der Waals surface area contributed by atoms with Crippen LogP contribution in [-0.2, 0) is 25.5 Å². The Bertz CT molecular complexity index is 3810. The minimum absolute atomic E-state index is 0. The number of aryl methyl sites for hydroxylation is 4. The first kappa shape index (κ1) is 30.9. The average molecular weight is 1040 g/mol. The van der Waals surface area contributed by atoms with Crippen molar-refractivity contribution in [2.45, 2.75) is 85.2 Å². The molecule has 4 heteroatoms. The van der Waals surface area contributed by atoms with E-state index in [-0.39, 0.29) is 53.3 Å². The Morgan fingerprint density at radius 3 is 2.20 bits per heavy atom. The molecule has 1 saturated carbocycles. The van der Waals surface area contributed by atoms with Crippen molar-refractivity contribution in [2.24, 2.45) is 0 Å². The van der Waals surface area contributed by atoms with Gasteiger partial charge in [-0.05, 0) is 140 Å². The van der Waals surface area contributed by atoms with E-state index in [1.165, 1.54) is 23.9 Å². The van der Waals surface area contributed by atoms with Crippen molar-refractivity contribution in [3.05, 3.63) is 191 Å². The van der Waals surface area contributed by atoms with Crippen LogP contribution in [0.4, 0.5) is 0 Å². The summed E-state index contributed by atoms with van der Waals surface area (Å²) in [5.41, 5.74) is 6.54. The third-order valence-electron chi connectivity index (χ3n) is 12.4. The van der Waals surface area contributed by atoms with E-state index in [0.29, 0.717) is 57.5 Å². The summed E-state index contributed by atoms with van der Waals surface area (Å²) in [5.74, 6) is -0.871.